The van der Waals surface area contributed by atoms with Crippen LogP contribution in [0.5, 0.6) is 0 Å². The first-order chi connectivity index (χ1) is 17.5. The third-order valence-electron chi connectivity index (χ3n) is 4.45. The third kappa shape index (κ3) is 7.98. The quantitative estimate of drug-likeness (QED) is 0.181. The summed E-state index contributed by atoms with van der Waals surface area (Å²) in [4.78, 5) is 71.4. The molecular formula is C22H22ClN3O10S. The molecule has 0 fully saturated rings. The van der Waals surface area contributed by atoms with E-state index >= 15 is 0 Å². The first-order valence-corrected chi connectivity index (χ1v) is 11.8. The SMILES string of the molecule is CCOC(=O)c1sc(NC(=O)COC(=O)CNC(=O)c2cc(Cl)cc([N+](=O)[O-])c2)c(C(=O)OCC)c1C. The Morgan fingerprint density at radius 2 is 1.68 bits per heavy atom. The zero-order valence-corrected chi connectivity index (χ0v) is 21.4. The lowest BCUT2D eigenvalue weighted by atomic mass is 10.1. The Hall–Kier alpha value is -4.04. The molecule has 0 aliphatic carbocycles. The first-order valence-electron chi connectivity index (χ1n) is 10.6. The van der Waals surface area contributed by atoms with Crippen molar-refractivity contribution < 1.29 is 43.1 Å². The van der Waals surface area contributed by atoms with Crippen molar-refractivity contribution in [1.82, 2.24) is 5.32 Å². The second-order valence-electron chi connectivity index (χ2n) is 7.05. The number of thiophene rings is 1. The summed E-state index contributed by atoms with van der Waals surface area (Å²) >= 11 is 6.57. The molecule has 0 unspecified atom stereocenters. The lowest BCUT2D eigenvalue weighted by Gasteiger charge is -2.08. The van der Waals surface area contributed by atoms with E-state index in [1.165, 1.54) is 13.0 Å². The van der Waals surface area contributed by atoms with Crippen molar-refractivity contribution in [1.29, 1.82) is 0 Å². The predicted octanol–water partition coefficient (Wildman–Crippen LogP) is 2.88. The molecule has 1 aromatic carbocycles. The minimum Gasteiger partial charge on any atom is -0.462 e. The van der Waals surface area contributed by atoms with Crippen molar-refractivity contribution in [2.45, 2.75) is 20.8 Å². The van der Waals surface area contributed by atoms with Gasteiger partial charge in [0.2, 0.25) is 0 Å². The third-order valence-corrected chi connectivity index (χ3v) is 5.86. The van der Waals surface area contributed by atoms with E-state index in [1.54, 1.807) is 13.8 Å². The number of nitrogens with zero attached hydrogens (tertiary/aromatic N) is 1. The molecule has 15 heteroatoms. The van der Waals surface area contributed by atoms with E-state index < -0.39 is 53.5 Å². The number of nitro groups is 1. The largest absolute Gasteiger partial charge is 0.462 e. The number of esters is 3. The van der Waals surface area contributed by atoms with Crippen LogP contribution < -0.4 is 10.6 Å². The van der Waals surface area contributed by atoms with Crippen molar-refractivity contribution in [3.05, 3.63) is 54.9 Å². The molecule has 0 spiro atoms. The van der Waals surface area contributed by atoms with Gasteiger partial charge in [0.05, 0.1) is 23.7 Å². The fourth-order valence-electron chi connectivity index (χ4n) is 2.87. The molecule has 2 amide bonds. The van der Waals surface area contributed by atoms with Gasteiger partial charge in [0.15, 0.2) is 6.61 Å². The smallest absolute Gasteiger partial charge is 0.348 e. The Morgan fingerprint density at radius 1 is 1.03 bits per heavy atom. The van der Waals surface area contributed by atoms with Crippen molar-refractivity contribution >= 4 is 63.3 Å². The summed E-state index contributed by atoms with van der Waals surface area (Å²) in [6.45, 7) is 3.45. The maximum absolute atomic E-state index is 12.4. The number of non-ortho nitro benzene ring substituents is 1. The molecule has 1 heterocycles. The number of anilines is 1. The van der Waals surface area contributed by atoms with Gasteiger partial charge in [-0.25, -0.2) is 9.59 Å². The van der Waals surface area contributed by atoms with Crippen LogP contribution in [0.4, 0.5) is 10.7 Å². The second-order valence-corrected chi connectivity index (χ2v) is 8.51. The van der Waals surface area contributed by atoms with E-state index in [1.807, 2.05) is 0 Å². The monoisotopic (exact) mass is 555 g/mol. The molecule has 0 radical (unpaired) electrons. The highest BCUT2D eigenvalue weighted by molar-refractivity contribution is 7.18. The number of benzene rings is 1. The molecular weight excluding hydrogens is 534 g/mol. The number of carbonyl (C=O) groups excluding carboxylic acids is 5. The zero-order chi connectivity index (χ0) is 27.7. The van der Waals surface area contributed by atoms with Gasteiger partial charge in [-0.3, -0.25) is 24.5 Å². The topological polar surface area (TPSA) is 180 Å². The maximum Gasteiger partial charge on any atom is 0.348 e. The Morgan fingerprint density at radius 3 is 2.30 bits per heavy atom. The van der Waals surface area contributed by atoms with E-state index in [0.717, 1.165) is 23.5 Å². The van der Waals surface area contributed by atoms with E-state index in [2.05, 4.69) is 10.6 Å². The van der Waals surface area contributed by atoms with Gasteiger partial charge < -0.3 is 24.8 Å². The van der Waals surface area contributed by atoms with Gasteiger partial charge >= 0.3 is 17.9 Å². The summed E-state index contributed by atoms with van der Waals surface area (Å²) in [5.74, 6) is -4.08. The molecule has 0 aliphatic rings. The van der Waals surface area contributed by atoms with Crippen molar-refractivity contribution in [2.24, 2.45) is 0 Å². The number of hydrogen-bond acceptors (Lipinski definition) is 11. The average molecular weight is 556 g/mol. The minimum atomic E-state index is -0.986. The summed E-state index contributed by atoms with van der Waals surface area (Å²) < 4.78 is 14.8. The number of rotatable bonds is 11. The van der Waals surface area contributed by atoms with Crippen LogP contribution in [0.2, 0.25) is 5.02 Å². The van der Waals surface area contributed by atoms with Gasteiger partial charge in [-0.05, 0) is 32.4 Å². The number of halogens is 1. The summed E-state index contributed by atoms with van der Waals surface area (Å²) in [6, 6.07) is 3.22. The Bertz CT molecular complexity index is 1240. The fourth-order valence-corrected chi connectivity index (χ4v) is 4.20. The Kier molecular flexibility index (Phi) is 10.5. The van der Waals surface area contributed by atoms with Crippen molar-refractivity contribution in [3.63, 3.8) is 0 Å². The molecule has 13 nitrogen and oxygen atoms in total. The lowest BCUT2D eigenvalue weighted by Crippen LogP contribution is -2.32. The summed E-state index contributed by atoms with van der Waals surface area (Å²) in [5.41, 5.74) is -0.327. The van der Waals surface area contributed by atoms with E-state index in [-0.39, 0.29) is 44.8 Å². The number of amides is 2. The molecule has 0 saturated heterocycles. The van der Waals surface area contributed by atoms with Crippen LogP contribution in [-0.4, -0.2) is 61.0 Å². The molecule has 2 aromatic rings. The number of nitro benzene ring substituents is 1. The predicted molar refractivity (Wildman–Crippen MR) is 131 cm³/mol. The number of nitrogens with one attached hydrogen (secondary N) is 2. The molecule has 0 saturated carbocycles. The summed E-state index contributed by atoms with van der Waals surface area (Å²) in [7, 11) is 0. The van der Waals surface area contributed by atoms with Gasteiger partial charge in [-0.1, -0.05) is 11.6 Å². The van der Waals surface area contributed by atoms with Crippen LogP contribution in [0.3, 0.4) is 0 Å². The normalized spacial score (nSPS) is 10.3. The molecule has 0 atom stereocenters. The molecule has 198 valence electrons. The fraction of sp³-hybridized carbons (Fsp3) is 0.318. The van der Waals surface area contributed by atoms with E-state index in [9.17, 15) is 34.1 Å². The molecule has 0 aliphatic heterocycles. The zero-order valence-electron chi connectivity index (χ0n) is 19.9. The molecule has 0 bridgehead atoms. The molecule has 2 N–H and O–H groups in total. The van der Waals surface area contributed by atoms with E-state index in [4.69, 9.17) is 25.8 Å². The van der Waals surface area contributed by atoms with Gasteiger partial charge in [0, 0.05) is 22.7 Å². The van der Waals surface area contributed by atoms with Crippen LogP contribution in [0.1, 0.15) is 49.8 Å². The van der Waals surface area contributed by atoms with Gasteiger partial charge in [-0.2, -0.15) is 0 Å². The van der Waals surface area contributed by atoms with Crippen LogP contribution in [0.25, 0.3) is 0 Å². The summed E-state index contributed by atoms with van der Waals surface area (Å²) in [5, 5.41) is 15.5. The minimum absolute atomic E-state index is 0.0101. The van der Waals surface area contributed by atoms with Crippen LogP contribution >= 0.6 is 22.9 Å². The molecule has 1 aromatic heterocycles. The van der Waals surface area contributed by atoms with Gasteiger partial charge in [0.25, 0.3) is 17.5 Å². The highest BCUT2D eigenvalue weighted by Crippen LogP contribution is 2.34. The van der Waals surface area contributed by atoms with Crippen LogP contribution in [0.15, 0.2) is 18.2 Å². The number of ether oxygens (including phenoxy) is 3. The van der Waals surface area contributed by atoms with E-state index in [0.29, 0.717) is 0 Å². The second kappa shape index (κ2) is 13.3. The van der Waals surface area contributed by atoms with Gasteiger partial charge in [-0.15, -0.1) is 11.3 Å². The van der Waals surface area contributed by atoms with Crippen molar-refractivity contribution in [3.8, 4) is 0 Å². The maximum atomic E-state index is 12.4. The lowest BCUT2D eigenvalue weighted by molar-refractivity contribution is -0.384. The van der Waals surface area contributed by atoms with Crippen molar-refractivity contribution in [2.75, 3.05) is 31.7 Å². The van der Waals surface area contributed by atoms with Crippen LogP contribution in [0, 0.1) is 17.0 Å². The molecule has 37 heavy (non-hydrogen) atoms. The first kappa shape index (κ1) is 29.2. The Balaban J connectivity index is 2.00. The van der Waals surface area contributed by atoms with Gasteiger partial charge in [0.1, 0.15) is 16.4 Å². The highest BCUT2D eigenvalue weighted by atomic mass is 35.5. The number of carbonyl (C=O) groups is 5. The molecule has 2 rings (SSSR count). The number of hydrogen-bond donors (Lipinski definition) is 2. The highest BCUT2D eigenvalue weighted by Gasteiger charge is 2.27. The summed E-state index contributed by atoms with van der Waals surface area (Å²) in [6.07, 6.45) is 0. The standard InChI is InChI=1S/C22H22ClN3O10S/c1-4-34-21(30)17-11(3)18(22(31)35-5-2)37-20(17)25-15(27)10-36-16(28)9-24-19(29)12-6-13(23)8-14(7-12)26(32)33/h6-8H,4-5,9-10H2,1-3H3,(H,24,29)(H,25,27). The average Bonchev–Trinajstić information content (AvgIpc) is 3.16. The Labute approximate surface area is 219 Å². The van der Waals surface area contributed by atoms with Crippen LogP contribution in [-0.2, 0) is 23.8 Å².